The van der Waals surface area contributed by atoms with Crippen LogP contribution in [-0.4, -0.2) is 56.2 Å². The molecule has 21 heavy (non-hydrogen) atoms. The molecule has 2 aliphatic rings. The molecule has 116 valence electrons. The topological polar surface area (TPSA) is 45.7 Å². The lowest BCUT2D eigenvalue weighted by Gasteiger charge is -2.21. The molecular weight excluding hydrogens is 286 g/mol. The highest BCUT2D eigenvalue weighted by Crippen LogP contribution is 2.49. The van der Waals surface area contributed by atoms with Gasteiger partial charge in [-0.3, -0.25) is 0 Å². The maximum Gasteiger partial charge on any atom is 0.350 e. The lowest BCUT2D eigenvalue weighted by atomic mass is 10.2. The van der Waals surface area contributed by atoms with E-state index < -0.39 is 0 Å². The number of aromatic nitrogens is 1. The molecule has 1 unspecified atom stereocenters. The molecule has 0 bridgehead atoms. The molecule has 1 saturated carbocycles. The largest absolute Gasteiger partial charge is 0.465 e. The van der Waals surface area contributed by atoms with Gasteiger partial charge in [0.05, 0.1) is 12.8 Å². The number of thiazole rings is 1. The fraction of sp³-hybridized carbons (Fsp3) is 0.733. The van der Waals surface area contributed by atoms with Crippen molar-refractivity contribution in [2.24, 2.45) is 11.8 Å². The molecule has 1 aromatic heterocycles. The lowest BCUT2D eigenvalue weighted by Crippen LogP contribution is -2.30. The molecule has 1 saturated heterocycles. The first-order valence-corrected chi connectivity index (χ1v) is 8.37. The predicted octanol–water partition coefficient (Wildman–Crippen LogP) is 1.88. The quantitative estimate of drug-likeness (QED) is 0.777. The monoisotopic (exact) mass is 309 g/mol. The molecular formula is C15H23N3O2S. The van der Waals surface area contributed by atoms with Crippen LogP contribution in [-0.2, 0) is 11.2 Å². The molecule has 0 N–H and O–H groups in total. The highest BCUT2D eigenvalue weighted by atomic mass is 32.1. The van der Waals surface area contributed by atoms with Gasteiger partial charge < -0.3 is 14.5 Å². The van der Waals surface area contributed by atoms with Crippen molar-refractivity contribution in [1.29, 1.82) is 0 Å². The van der Waals surface area contributed by atoms with E-state index in [1.165, 1.54) is 18.4 Å². The minimum absolute atomic E-state index is 0.252. The van der Waals surface area contributed by atoms with Crippen molar-refractivity contribution in [3.63, 3.8) is 0 Å². The van der Waals surface area contributed by atoms with Crippen molar-refractivity contribution in [3.8, 4) is 0 Å². The molecule has 1 aliphatic carbocycles. The summed E-state index contributed by atoms with van der Waals surface area (Å²) in [7, 11) is 5.75. The van der Waals surface area contributed by atoms with E-state index >= 15 is 0 Å². The van der Waals surface area contributed by atoms with Crippen LogP contribution in [0.5, 0.6) is 0 Å². The predicted molar refractivity (Wildman–Crippen MR) is 84.1 cm³/mol. The van der Waals surface area contributed by atoms with E-state index in [1.54, 1.807) is 0 Å². The number of anilines is 1. The van der Waals surface area contributed by atoms with E-state index in [1.807, 2.05) is 0 Å². The summed E-state index contributed by atoms with van der Waals surface area (Å²) in [6, 6.07) is 0.733. The Hall–Kier alpha value is -1.14. The standard InChI is InChI=1S/C15H23N3O2S/c1-5-6-11-13(14(19)20-4)21-15(16-11)18-7-9-10(8-18)12(9)17(2)3/h9-10,12H,5-8H2,1-4H3/t9-,10+,12?. The maximum absolute atomic E-state index is 11.9. The molecule has 2 fully saturated rings. The molecule has 3 rings (SSSR count). The van der Waals surface area contributed by atoms with Crippen molar-refractivity contribution >= 4 is 22.4 Å². The fourth-order valence-electron chi connectivity index (χ4n) is 3.55. The summed E-state index contributed by atoms with van der Waals surface area (Å²) in [4.78, 5) is 21.9. The van der Waals surface area contributed by atoms with Crippen molar-refractivity contribution in [2.45, 2.75) is 25.8 Å². The van der Waals surface area contributed by atoms with E-state index in [0.29, 0.717) is 4.88 Å². The van der Waals surface area contributed by atoms with E-state index in [9.17, 15) is 4.79 Å². The van der Waals surface area contributed by atoms with Gasteiger partial charge in [0.15, 0.2) is 5.13 Å². The molecule has 1 aliphatic heterocycles. The van der Waals surface area contributed by atoms with Crippen molar-refractivity contribution in [1.82, 2.24) is 9.88 Å². The number of carbonyl (C=O) groups is 1. The Morgan fingerprint density at radius 2 is 2.10 bits per heavy atom. The SMILES string of the molecule is CCCc1nc(N2C[C@@H]3C(N(C)C)[C@@H]3C2)sc1C(=O)OC. The number of nitrogens with zero attached hydrogens (tertiary/aromatic N) is 3. The number of hydrogen-bond acceptors (Lipinski definition) is 6. The lowest BCUT2D eigenvalue weighted by molar-refractivity contribution is 0.0605. The first-order valence-electron chi connectivity index (χ1n) is 7.56. The van der Waals surface area contributed by atoms with Gasteiger partial charge in [0.2, 0.25) is 0 Å². The van der Waals surface area contributed by atoms with Gasteiger partial charge in [-0.15, -0.1) is 0 Å². The van der Waals surface area contributed by atoms with Crippen LogP contribution in [0, 0.1) is 11.8 Å². The van der Waals surface area contributed by atoms with E-state index in [2.05, 4.69) is 30.8 Å². The van der Waals surface area contributed by atoms with E-state index in [-0.39, 0.29) is 5.97 Å². The zero-order valence-corrected chi connectivity index (χ0v) is 13.9. The Bertz CT molecular complexity index is 531. The Morgan fingerprint density at radius 3 is 2.62 bits per heavy atom. The molecule has 0 spiro atoms. The molecule has 0 radical (unpaired) electrons. The number of esters is 1. The zero-order valence-electron chi connectivity index (χ0n) is 13.1. The van der Waals surface area contributed by atoms with Crippen molar-refractivity contribution < 1.29 is 9.53 Å². The number of aryl methyl sites for hydroxylation is 1. The number of methoxy groups -OCH3 is 1. The molecule has 2 heterocycles. The normalized spacial score (nSPS) is 27.1. The van der Waals surface area contributed by atoms with Gasteiger partial charge in [-0.05, 0) is 32.4 Å². The highest BCUT2D eigenvalue weighted by Gasteiger charge is 2.57. The first-order chi connectivity index (χ1) is 10.1. The van der Waals surface area contributed by atoms with Crippen LogP contribution >= 0.6 is 11.3 Å². The molecule has 1 aromatic rings. The summed E-state index contributed by atoms with van der Waals surface area (Å²) >= 11 is 1.49. The average molecular weight is 309 g/mol. The number of carbonyl (C=O) groups excluding carboxylic acids is 1. The number of fused-ring (bicyclic) bond motifs is 1. The first kappa shape index (κ1) is 14.8. The minimum Gasteiger partial charge on any atom is -0.465 e. The Balaban J connectivity index is 1.74. The number of piperidine rings is 1. The number of hydrogen-bond donors (Lipinski definition) is 0. The van der Waals surface area contributed by atoms with Crippen LogP contribution in [0.4, 0.5) is 5.13 Å². The summed E-state index contributed by atoms with van der Waals surface area (Å²) < 4.78 is 4.88. The summed E-state index contributed by atoms with van der Waals surface area (Å²) in [6.45, 7) is 4.23. The fourth-order valence-corrected chi connectivity index (χ4v) is 4.60. The molecule has 6 heteroatoms. The molecule has 0 amide bonds. The number of ether oxygens (including phenoxy) is 1. The van der Waals surface area contributed by atoms with Crippen LogP contribution in [0.3, 0.4) is 0 Å². The second kappa shape index (κ2) is 5.57. The van der Waals surface area contributed by atoms with Gasteiger partial charge >= 0.3 is 5.97 Å². The summed E-state index contributed by atoms with van der Waals surface area (Å²) in [5, 5.41) is 0.989. The van der Waals surface area contributed by atoms with Gasteiger partial charge in [-0.1, -0.05) is 24.7 Å². The molecule has 0 aromatic carbocycles. The third-order valence-corrected chi connectivity index (χ3v) is 5.70. The van der Waals surface area contributed by atoms with Crippen LogP contribution < -0.4 is 4.90 Å². The minimum atomic E-state index is -0.252. The van der Waals surface area contributed by atoms with Crippen LogP contribution in [0.2, 0.25) is 0 Å². The van der Waals surface area contributed by atoms with Crippen molar-refractivity contribution in [3.05, 3.63) is 10.6 Å². The van der Waals surface area contributed by atoms with Crippen LogP contribution in [0.25, 0.3) is 0 Å². The van der Waals surface area contributed by atoms with Gasteiger partial charge in [-0.2, -0.15) is 0 Å². The second-order valence-corrected chi connectivity index (χ2v) is 7.18. The maximum atomic E-state index is 11.9. The summed E-state index contributed by atoms with van der Waals surface area (Å²) in [6.07, 6.45) is 1.82. The van der Waals surface area contributed by atoms with Gasteiger partial charge in [0.25, 0.3) is 0 Å². The van der Waals surface area contributed by atoms with Crippen LogP contribution in [0.1, 0.15) is 28.7 Å². The van der Waals surface area contributed by atoms with Gasteiger partial charge in [0, 0.05) is 19.1 Å². The Kier molecular flexibility index (Phi) is 3.92. The van der Waals surface area contributed by atoms with Gasteiger partial charge in [-0.25, -0.2) is 9.78 Å². The average Bonchev–Trinajstić information content (AvgIpc) is 2.83. The van der Waals surface area contributed by atoms with E-state index in [4.69, 9.17) is 9.72 Å². The van der Waals surface area contributed by atoms with Crippen LogP contribution in [0.15, 0.2) is 0 Å². The molecule has 3 atom stereocenters. The third-order valence-electron chi connectivity index (χ3n) is 4.56. The zero-order chi connectivity index (χ0) is 15.1. The third kappa shape index (κ3) is 2.55. The molecule has 5 nitrogen and oxygen atoms in total. The second-order valence-electron chi connectivity index (χ2n) is 6.20. The number of rotatable bonds is 5. The Morgan fingerprint density at radius 1 is 1.43 bits per heavy atom. The highest BCUT2D eigenvalue weighted by molar-refractivity contribution is 7.17. The summed E-state index contributed by atoms with van der Waals surface area (Å²) in [5.74, 6) is 1.28. The van der Waals surface area contributed by atoms with Gasteiger partial charge in [0.1, 0.15) is 4.88 Å². The smallest absolute Gasteiger partial charge is 0.350 e. The van der Waals surface area contributed by atoms with Crippen molar-refractivity contribution in [2.75, 3.05) is 39.2 Å². The summed E-state index contributed by atoms with van der Waals surface area (Å²) in [5.41, 5.74) is 0.897. The Labute approximate surface area is 129 Å². The van der Waals surface area contributed by atoms with E-state index in [0.717, 1.165) is 54.6 Å².